The smallest absolute Gasteiger partial charge is 0.331 e. The van der Waals surface area contributed by atoms with E-state index in [-0.39, 0.29) is 59.2 Å². The highest BCUT2D eigenvalue weighted by molar-refractivity contribution is 5.87. The number of hydrogen-bond donors (Lipinski definition) is 2. The number of hydrogen-bond acceptors (Lipinski definition) is 8. The Labute approximate surface area is 218 Å². The summed E-state index contributed by atoms with van der Waals surface area (Å²) in [6.45, 7) is 6.75. The van der Waals surface area contributed by atoms with Gasteiger partial charge >= 0.3 is 5.97 Å². The lowest BCUT2D eigenvalue weighted by atomic mass is 9.43. The maximum atomic E-state index is 12.8. The quantitative estimate of drug-likeness (QED) is 0.404. The molecule has 0 aromatic rings. The monoisotopic (exact) mass is 516 g/mol. The molecule has 0 radical (unpaired) electrons. The average molecular weight is 517 g/mol. The zero-order chi connectivity index (χ0) is 26.0. The van der Waals surface area contributed by atoms with Gasteiger partial charge in [-0.15, -0.1) is 0 Å². The molecule has 0 amide bonds. The van der Waals surface area contributed by atoms with E-state index in [1.165, 1.54) is 0 Å². The first-order chi connectivity index (χ1) is 17.5. The van der Waals surface area contributed by atoms with Crippen molar-refractivity contribution < 1.29 is 38.7 Å². The number of rotatable bonds is 1. The Hall–Kier alpha value is -1.32. The molecule has 0 aromatic carbocycles. The molecule has 6 fully saturated rings. The minimum absolute atomic E-state index is 0.0800. The Kier molecular flexibility index (Phi) is 5.26. The fraction of sp³-hybridized carbons (Fsp3) is 0.862. The van der Waals surface area contributed by atoms with Gasteiger partial charge in [-0.05, 0) is 93.0 Å². The maximum absolute atomic E-state index is 12.8. The molecule has 7 rings (SSSR count). The van der Waals surface area contributed by atoms with Gasteiger partial charge in [0.2, 0.25) is 6.29 Å². The largest absolute Gasteiger partial charge is 0.458 e. The summed E-state index contributed by atoms with van der Waals surface area (Å²) in [5.74, 6) is -1.57. The lowest BCUT2D eigenvalue weighted by Gasteiger charge is -2.65. The Balaban J connectivity index is 1.16. The van der Waals surface area contributed by atoms with Gasteiger partial charge in [-0.3, -0.25) is 4.79 Å². The molecule has 4 aliphatic carbocycles. The third-order valence-corrected chi connectivity index (χ3v) is 12.1. The van der Waals surface area contributed by atoms with Crippen molar-refractivity contribution in [1.29, 1.82) is 0 Å². The second-order valence-electron chi connectivity index (χ2n) is 13.7. The molecule has 37 heavy (non-hydrogen) atoms. The zero-order valence-electron chi connectivity index (χ0n) is 22.1. The van der Waals surface area contributed by atoms with Crippen LogP contribution >= 0.6 is 0 Å². The third-order valence-electron chi connectivity index (χ3n) is 12.1. The second kappa shape index (κ2) is 7.87. The van der Waals surface area contributed by atoms with Crippen LogP contribution in [0.25, 0.3) is 0 Å². The number of ether oxygens (including phenoxy) is 4. The summed E-state index contributed by atoms with van der Waals surface area (Å²) in [5.41, 5.74) is -0.0897. The first-order valence-electron chi connectivity index (χ1n) is 14.3. The Morgan fingerprint density at radius 2 is 1.78 bits per heavy atom. The van der Waals surface area contributed by atoms with Crippen LogP contribution in [0.2, 0.25) is 0 Å². The van der Waals surface area contributed by atoms with Crippen LogP contribution < -0.4 is 0 Å². The molecule has 8 heteroatoms. The van der Waals surface area contributed by atoms with Crippen LogP contribution in [-0.4, -0.2) is 64.6 Å². The molecule has 2 saturated heterocycles. The fourth-order valence-electron chi connectivity index (χ4n) is 10.2. The number of fused-ring (bicyclic) bond motifs is 7. The maximum Gasteiger partial charge on any atom is 0.331 e. The van der Waals surface area contributed by atoms with E-state index in [1.54, 1.807) is 6.08 Å². The van der Waals surface area contributed by atoms with E-state index in [0.717, 1.165) is 50.5 Å². The van der Waals surface area contributed by atoms with Crippen LogP contribution in [0.1, 0.15) is 78.6 Å². The molecule has 3 heterocycles. The molecule has 4 saturated carbocycles. The van der Waals surface area contributed by atoms with Crippen molar-refractivity contribution in [2.45, 2.75) is 115 Å². The number of cyclic esters (lactones) is 1. The van der Waals surface area contributed by atoms with Gasteiger partial charge in [-0.25, -0.2) is 4.79 Å². The highest BCUT2D eigenvalue weighted by atomic mass is 16.8. The number of aliphatic hydroxyl groups is 2. The average Bonchev–Trinajstić information content (AvgIpc) is 3.37. The predicted molar refractivity (Wildman–Crippen MR) is 130 cm³/mol. The number of esters is 1. The number of ketones is 1. The van der Waals surface area contributed by atoms with Crippen molar-refractivity contribution in [2.75, 3.05) is 6.61 Å². The molecule has 3 aliphatic heterocycles. The number of Topliss-reactive ketones (excluding diaryl/α,β-unsaturated/α-hetero) is 1. The topological polar surface area (TPSA) is 112 Å². The normalized spacial score (nSPS) is 56.8. The summed E-state index contributed by atoms with van der Waals surface area (Å²) in [4.78, 5) is 24.6. The van der Waals surface area contributed by atoms with Gasteiger partial charge in [-0.2, -0.15) is 0 Å². The molecule has 0 spiro atoms. The minimum atomic E-state index is -2.04. The SMILES string of the molecule is C[C@@H]1CC(=O)[C@]2(O)O[C@@H]3C[C@@]4(C)[C@@H](CC[C@@H]5[C@@H]4CC[C@]4(C)[C@@H](C6=CC(=O)OC6)CC[C@]54O)C[C@H]3O[C@@H]2O1. The molecule has 2 N–H and O–H groups in total. The van der Waals surface area contributed by atoms with E-state index in [1.807, 2.05) is 6.92 Å². The van der Waals surface area contributed by atoms with Crippen LogP contribution in [0.15, 0.2) is 11.6 Å². The van der Waals surface area contributed by atoms with Crippen molar-refractivity contribution in [2.24, 2.45) is 34.5 Å². The standard InChI is InChI=1S/C29H40O8/c1-15-10-23(30)29(33)25(35-15)36-21-12-17-4-5-20-19(26(17,2)13-22(21)37-29)6-8-27(3)18(7-9-28(20,27)32)16-11-24(31)34-14-16/h11,15,17-22,25,32-33H,4-10,12-14H2,1-3H3/t15-,17+,18-,19+,20-,21-,22-,25+,26+,27-,28+,29+/m1/s1. The van der Waals surface area contributed by atoms with Gasteiger partial charge in [0, 0.05) is 17.9 Å². The Morgan fingerprint density at radius 3 is 2.54 bits per heavy atom. The summed E-state index contributed by atoms with van der Waals surface area (Å²) >= 11 is 0. The highest BCUT2D eigenvalue weighted by Gasteiger charge is 2.69. The molecule has 7 aliphatic rings. The molecular weight excluding hydrogens is 476 g/mol. The van der Waals surface area contributed by atoms with Gasteiger partial charge in [0.05, 0.1) is 23.9 Å². The second-order valence-corrected chi connectivity index (χ2v) is 13.7. The van der Waals surface area contributed by atoms with Crippen molar-refractivity contribution in [3.05, 3.63) is 11.6 Å². The molecular formula is C29H40O8. The lowest BCUT2D eigenvalue weighted by molar-refractivity contribution is -0.414. The van der Waals surface area contributed by atoms with Crippen molar-refractivity contribution in [3.8, 4) is 0 Å². The molecule has 0 aromatic heterocycles. The number of carbonyl (C=O) groups is 2. The van der Waals surface area contributed by atoms with Gasteiger partial charge in [0.15, 0.2) is 5.78 Å². The van der Waals surface area contributed by atoms with Gasteiger partial charge in [0.1, 0.15) is 6.61 Å². The third kappa shape index (κ3) is 3.19. The Bertz CT molecular complexity index is 1060. The van der Waals surface area contributed by atoms with Gasteiger partial charge in [0.25, 0.3) is 5.79 Å². The molecule has 12 atom stereocenters. The summed E-state index contributed by atoms with van der Waals surface area (Å²) in [6, 6.07) is 0. The lowest BCUT2D eigenvalue weighted by Crippen LogP contribution is -2.69. The Morgan fingerprint density at radius 1 is 0.973 bits per heavy atom. The van der Waals surface area contributed by atoms with E-state index < -0.39 is 17.7 Å². The summed E-state index contributed by atoms with van der Waals surface area (Å²) in [5, 5.41) is 23.6. The first-order valence-corrected chi connectivity index (χ1v) is 14.3. The number of carbonyl (C=O) groups excluding carboxylic acids is 2. The summed E-state index contributed by atoms with van der Waals surface area (Å²) < 4.78 is 23.5. The first kappa shape index (κ1) is 24.7. The molecule has 0 bridgehead atoms. The van der Waals surface area contributed by atoms with Crippen LogP contribution in [-0.2, 0) is 28.5 Å². The van der Waals surface area contributed by atoms with Crippen LogP contribution in [0.5, 0.6) is 0 Å². The van der Waals surface area contributed by atoms with E-state index >= 15 is 0 Å². The summed E-state index contributed by atoms with van der Waals surface area (Å²) in [6.07, 6.45) is 6.86. The van der Waals surface area contributed by atoms with E-state index in [4.69, 9.17) is 18.9 Å². The van der Waals surface area contributed by atoms with Crippen molar-refractivity contribution in [1.82, 2.24) is 0 Å². The van der Waals surface area contributed by atoms with Crippen LogP contribution in [0.3, 0.4) is 0 Å². The van der Waals surface area contributed by atoms with E-state index in [9.17, 15) is 19.8 Å². The zero-order valence-corrected chi connectivity index (χ0v) is 22.1. The predicted octanol–water partition coefficient (Wildman–Crippen LogP) is 3.03. The minimum Gasteiger partial charge on any atom is -0.458 e. The fourth-order valence-corrected chi connectivity index (χ4v) is 10.2. The van der Waals surface area contributed by atoms with E-state index in [0.29, 0.717) is 24.9 Å². The molecule has 204 valence electrons. The van der Waals surface area contributed by atoms with Crippen LogP contribution in [0, 0.1) is 34.5 Å². The highest BCUT2D eigenvalue weighted by Crippen LogP contribution is 2.70. The molecule has 8 nitrogen and oxygen atoms in total. The van der Waals surface area contributed by atoms with E-state index in [2.05, 4.69) is 13.8 Å². The van der Waals surface area contributed by atoms with Crippen molar-refractivity contribution in [3.63, 3.8) is 0 Å². The molecule has 0 unspecified atom stereocenters. The van der Waals surface area contributed by atoms with Crippen LogP contribution in [0.4, 0.5) is 0 Å². The summed E-state index contributed by atoms with van der Waals surface area (Å²) in [7, 11) is 0. The van der Waals surface area contributed by atoms with Gasteiger partial charge < -0.3 is 29.2 Å². The van der Waals surface area contributed by atoms with Crippen molar-refractivity contribution >= 4 is 11.8 Å². The van der Waals surface area contributed by atoms with Gasteiger partial charge in [-0.1, -0.05) is 13.8 Å².